The number of guanidine groups is 1. The number of carbonyl (C=O) groups excluding carboxylic acids is 1. The van der Waals surface area contributed by atoms with Crippen LogP contribution >= 0.6 is 0 Å². The molecule has 0 aromatic heterocycles. The van der Waals surface area contributed by atoms with E-state index >= 15 is 0 Å². The van der Waals surface area contributed by atoms with Gasteiger partial charge in [0.15, 0.2) is 5.96 Å². The molecule has 3 fully saturated rings. The quantitative estimate of drug-likeness (QED) is 0.463. The molecule has 1 N–H and O–H groups in total. The first-order valence-corrected chi connectivity index (χ1v) is 9.95. The van der Waals surface area contributed by atoms with Crippen molar-refractivity contribution in [2.45, 2.75) is 51.0 Å². The lowest BCUT2D eigenvalue weighted by Crippen LogP contribution is -2.45. The molecule has 25 heavy (non-hydrogen) atoms. The Kier molecular flexibility index (Phi) is 5.87. The second-order valence-electron chi connectivity index (χ2n) is 8.28. The summed E-state index contributed by atoms with van der Waals surface area (Å²) >= 11 is 0. The lowest BCUT2D eigenvalue weighted by molar-refractivity contribution is -0.133. The molecule has 1 aliphatic carbocycles. The average molecular weight is 350 g/mol. The number of rotatable bonds is 5. The second kappa shape index (κ2) is 7.94. The van der Waals surface area contributed by atoms with Crippen LogP contribution in [0.25, 0.3) is 0 Å². The van der Waals surface area contributed by atoms with Crippen molar-refractivity contribution in [3.05, 3.63) is 0 Å². The predicted octanol–water partition coefficient (Wildman–Crippen LogP) is 1.38. The van der Waals surface area contributed by atoms with Crippen molar-refractivity contribution >= 4 is 11.9 Å². The minimum Gasteiger partial charge on any atom is -0.356 e. The highest BCUT2D eigenvalue weighted by molar-refractivity contribution is 5.81. The first kappa shape index (κ1) is 18.5. The van der Waals surface area contributed by atoms with Crippen LogP contribution in [0.15, 0.2) is 4.99 Å². The van der Waals surface area contributed by atoms with Crippen LogP contribution in [-0.2, 0) is 4.79 Å². The zero-order chi connectivity index (χ0) is 17.9. The van der Waals surface area contributed by atoms with Gasteiger partial charge in [0.1, 0.15) is 0 Å². The van der Waals surface area contributed by atoms with Gasteiger partial charge in [-0.05, 0) is 50.5 Å². The average Bonchev–Trinajstić information content (AvgIpc) is 3.20. The van der Waals surface area contributed by atoms with Crippen LogP contribution in [0.4, 0.5) is 0 Å². The van der Waals surface area contributed by atoms with Gasteiger partial charge in [-0.2, -0.15) is 0 Å². The van der Waals surface area contributed by atoms with Gasteiger partial charge in [-0.1, -0.05) is 6.42 Å². The molecular weight excluding hydrogens is 314 g/mol. The third-order valence-corrected chi connectivity index (χ3v) is 6.36. The van der Waals surface area contributed by atoms with Crippen LogP contribution in [0.2, 0.25) is 0 Å². The van der Waals surface area contributed by atoms with Crippen molar-refractivity contribution in [3.8, 4) is 0 Å². The van der Waals surface area contributed by atoms with Crippen LogP contribution in [0.1, 0.15) is 44.9 Å². The van der Waals surface area contributed by atoms with Crippen molar-refractivity contribution < 1.29 is 4.79 Å². The largest absolute Gasteiger partial charge is 0.356 e. The van der Waals surface area contributed by atoms with Crippen LogP contribution < -0.4 is 5.32 Å². The summed E-state index contributed by atoms with van der Waals surface area (Å²) in [4.78, 5) is 23.3. The fourth-order valence-electron chi connectivity index (χ4n) is 4.69. The molecule has 142 valence electrons. The molecular formula is C19H35N5O. The lowest BCUT2D eigenvalue weighted by atomic mass is 9.68. The number of aliphatic imine (C=N–C) groups is 1. The minimum absolute atomic E-state index is 0.0892. The highest BCUT2D eigenvalue weighted by Crippen LogP contribution is 2.47. The molecule has 3 aliphatic rings. The van der Waals surface area contributed by atoms with Crippen molar-refractivity contribution in [1.82, 2.24) is 20.0 Å². The number of carbonyl (C=O) groups is 1. The van der Waals surface area contributed by atoms with Crippen LogP contribution in [-0.4, -0.2) is 86.5 Å². The summed E-state index contributed by atoms with van der Waals surface area (Å²) in [5, 5.41) is 3.54. The van der Waals surface area contributed by atoms with Gasteiger partial charge in [-0.25, -0.2) is 0 Å². The molecule has 2 heterocycles. The van der Waals surface area contributed by atoms with Crippen molar-refractivity contribution in [3.63, 3.8) is 0 Å². The fourth-order valence-corrected chi connectivity index (χ4v) is 4.69. The van der Waals surface area contributed by atoms with Gasteiger partial charge in [0.25, 0.3) is 0 Å². The van der Waals surface area contributed by atoms with E-state index in [0.717, 1.165) is 51.4 Å². The maximum absolute atomic E-state index is 12.3. The number of likely N-dealkylation sites (N-methyl/N-ethyl adjacent to an activating group) is 1. The Morgan fingerprint density at radius 3 is 2.64 bits per heavy atom. The molecule has 0 radical (unpaired) electrons. The number of amides is 1. The van der Waals surface area contributed by atoms with E-state index < -0.39 is 0 Å². The molecule has 1 unspecified atom stereocenters. The molecule has 0 aromatic rings. The Hall–Kier alpha value is -1.30. The van der Waals surface area contributed by atoms with Crippen LogP contribution in [0, 0.1) is 5.41 Å². The molecule has 6 heteroatoms. The molecule has 2 saturated heterocycles. The third kappa shape index (κ3) is 4.10. The number of nitrogens with one attached hydrogen (secondary N) is 1. The molecule has 1 amide bonds. The predicted molar refractivity (Wildman–Crippen MR) is 102 cm³/mol. The lowest BCUT2D eigenvalue weighted by Gasteiger charge is -2.38. The van der Waals surface area contributed by atoms with Gasteiger partial charge in [-0.15, -0.1) is 0 Å². The van der Waals surface area contributed by atoms with E-state index in [2.05, 4.69) is 20.1 Å². The Morgan fingerprint density at radius 1 is 1.24 bits per heavy atom. The molecule has 1 spiro atoms. The Balaban J connectivity index is 1.39. The number of hydrogen-bond donors (Lipinski definition) is 1. The second-order valence-corrected chi connectivity index (χ2v) is 8.28. The first-order chi connectivity index (χ1) is 12.0. The molecule has 3 rings (SSSR count). The van der Waals surface area contributed by atoms with Gasteiger partial charge in [0.2, 0.25) is 5.91 Å². The summed E-state index contributed by atoms with van der Waals surface area (Å²) in [5.74, 6) is 1.32. The summed E-state index contributed by atoms with van der Waals surface area (Å²) in [5.41, 5.74) is 0.604. The van der Waals surface area contributed by atoms with E-state index in [4.69, 9.17) is 0 Å². The van der Waals surface area contributed by atoms with Crippen molar-refractivity contribution in [2.24, 2.45) is 10.4 Å². The topological polar surface area (TPSA) is 51.2 Å². The SMILES string of the molecule is CN=C(NCCCN1CCCC1C(=O)N(C)C)N1CCC2(CCC2)C1. The fraction of sp³-hybridized carbons (Fsp3) is 0.895. The third-order valence-electron chi connectivity index (χ3n) is 6.36. The van der Waals surface area contributed by atoms with Gasteiger partial charge in [0.05, 0.1) is 6.04 Å². The summed E-state index contributed by atoms with van der Waals surface area (Å²) in [6.07, 6.45) is 8.72. The molecule has 1 saturated carbocycles. The standard InChI is InChI=1S/C19H35N5O/c1-20-18(24-14-10-19(15-24)8-5-9-19)21-11-6-13-23-12-4-7-16(23)17(25)22(2)3/h16H,4-15H2,1-3H3,(H,20,21). The molecule has 1 atom stereocenters. The number of likely N-dealkylation sites (tertiary alicyclic amines) is 2. The maximum Gasteiger partial charge on any atom is 0.239 e. The van der Waals surface area contributed by atoms with E-state index in [-0.39, 0.29) is 11.9 Å². The van der Waals surface area contributed by atoms with E-state index in [0.29, 0.717) is 5.41 Å². The van der Waals surface area contributed by atoms with E-state index in [1.165, 1.54) is 32.2 Å². The number of nitrogens with zero attached hydrogens (tertiary/aromatic N) is 4. The summed E-state index contributed by atoms with van der Waals surface area (Å²) in [6.45, 7) is 5.28. The summed E-state index contributed by atoms with van der Waals surface area (Å²) in [7, 11) is 5.60. The maximum atomic E-state index is 12.3. The van der Waals surface area contributed by atoms with Gasteiger partial charge < -0.3 is 15.1 Å². The highest BCUT2D eigenvalue weighted by Gasteiger charge is 2.43. The summed E-state index contributed by atoms with van der Waals surface area (Å²) < 4.78 is 0. The zero-order valence-corrected chi connectivity index (χ0v) is 16.3. The van der Waals surface area contributed by atoms with E-state index in [1.54, 1.807) is 4.90 Å². The smallest absolute Gasteiger partial charge is 0.239 e. The minimum atomic E-state index is 0.0892. The van der Waals surface area contributed by atoms with Gasteiger partial charge in [-0.3, -0.25) is 14.7 Å². The van der Waals surface area contributed by atoms with Crippen molar-refractivity contribution in [2.75, 3.05) is 53.9 Å². The Labute approximate surface area is 152 Å². The Morgan fingerprint density at radius 2 is 2.04 bits per heavy atom. The zero-order valence-electron chi connectivity index (χ0n) is 16.3. The van der Waals surface area contributed by atoms with E-state index in [9.17, 15) is 4.79 Å². The van der Waals surface area contributed by atoms with Gasteiger partial charge in [0, 0.05) is 47.3 Å². The molecule has 6 nitrogen and oxygen atoms in total. The molecule has 2 aliphatic heterocycles. The monoisotopic (exact) mass is 349 g/mol. The number of hydrogen-bond acceptors (Lipinski definition) is 3. The molecule has 0 bridgehead atoms. The Bertz CT molecular complexity index is 500. The first-order valence-electron chi connectivity index (χ1n) is 9.95. The van der Waals surface area contributed by atoms with Crippen LogP contribution in [0.3, 0.4) is 0 Å². The van der Waals surface area contributed by atoms with E-state index in [1.807, 2.05) is 21.1 Å². The van der Waals surface area contributed by atoms with Crippen LogP contribution in [0.5, 0.6) is 0 Å². The molecule has 0 aromatic carbocycles. The van der Waals surface area contributed by atoms with Gasteiger partial charge >= 0.3 is 0 Å². The highest BCUT2D eigenvalue weighted by atomic mass is 16.2. The summed E-state index contributed by atoms with van der Waals surface area (Å²) in [6, 6.07) is 0.0892. The normalized spacial score (nSPS) is 26.1. The van der Waals surface area contributed by atoms with Crippen molar-refractivity contribution in [1.29, 1.82) is 0 Å².